The molecule has 1 N–H and O–H groups in total. The molecular weight excluding hydrogens is 246 g/mol. The Kier molecular flexibility index (Phi) is 4.82. The van der Waals surface area contributed by atoms with Crippen molar-refractivity contribution in [2.24, 2.45) is 5.92 Å². The molecule has 3 nitrogen and oxygen atoms in total. The maximum absolute atomic E-state index is 4.57. The lowest BCUT2D eigenvalue weighted by Crippen LogP contribution is -2.62. The molecule has 1 aliphatic heterocycles. The number of piperazine rings is 1. The van der Waals surface area contributed by atoms with Crippen LogP contribution in [0.5, 0.6) is 0 Å². The topological polar surface area (TPSA) is 28.2 Å². The molecule has 3 heteroatoms. The normalized spacial score (nSPS) is 24.6. The first-order valence-electron chi connectivity index (χ1n) is 7.83. The van der Waals surface area contributed by atoms with Gasteiger partial charge in [0.1, 0.15) is 0 Å². The van der Waals surface area contributed by atoms with E-state index < -0.39 is 0 Å². The number of hydrogen-bond acceptors (Lipinski definition) is 3. The Morgan fingerprint density at radius 1 is 1.50 bits per heavy atom. The maximum atomic E-state index is 4.57. The quantitative estimate of drug-likeness (QED) is 0.915. The van der Waals surface area contributed by atoms with Gasteiger partial charge in [0, 0.05) is 37.4 Å². The summed E-state index contributed by atoms with van der Waals surface area (Å²) in [5.41, 5.74) is 2.70. The van der Waals surface area contributed by atoms with Crippen molar-refractivity contribution in [1.82, 2.24) is 15.2 Å². The molecule has 0 amide bonds. The van der Waals surface area contributed by atoms with Crippen LogP contribution in [0.4, 0.5) is 0 Å². The van der Waals surface area contributed by atoms with Gasteiger partial charge in [0.15, 0.2) is 0 Å². The SMILES string of the molecule is CCC(C)C1CN(Cc2ncccc2C)C(C)(C)CN1. The predicted molar refractivity (Wildman–Crippen MR) is 84.7 cm³/mol. The monoisotopic (exact) mass is 275 g/mol. The third kappa shape index (κ3) is 3.39. The van der Waals surface area contributed by atoms with Crippen molar-refractivity contribution < 1.29 is 0 Å². The number of aryl methyl sites for hydroxylation is 1. The summed E-state index contributed by atoms with van der Waals surface area (Å²) in [6.45, 7) is 14.5. The Bertz CT molecular complexity index is 442. The van der Waals surface area contributed by atoms with Gasteiger partial charge in [-0.15, -0.1) is 0 Å². The average Bonchev–Trinajstić information content (AvgIpc) is 2.42. The summed E-state index contributed by atoms with van der Waals surface area (Å²) in [5, 5.41) is 3.73. The fourth-order valence-electron chi connectivity index (χ4n) is 2.85. The number of nitrogens with one attached hydrogen (secondary N) is 1. The number of rotatable bonds is 4. The Balaban J connectivity index is 2.12. The summed E-state index contributed by atoms with van der Waals surface area (Å²) < 4.78 is 0. The van der Waals surface area contributed by atoms with Crippen LogP contribution < -0.4 is 5.32 Å². The molecule has 1 aromatic rings. The highest BCUT2D eigenvalue weighted by Gasteiger charge is 2.35. The molecule has 1 aromatic heterocycles. The first-order valence-corrected chi connectivity index (χ1v) is 7.83. The van der Waals surface area contributed by atoms with E-state index in [1.54, 1.807) is 0 Å². The Labute approximate surface area is 123 Å². The Morgan fingerprint density at radius 2 is 2.25 bits per heavy atom. The zero-order valence-electron chi connectivity index (χ0n) is 13.6. The minimum absolute atomic E-state index is 0.188. The van der Waals surface area contributed by atoms with Crippen molar-refractivity contribution in [2.75, 3.05) is 13.1 Å². The number of pyridine rings is 1. The van der Waals surface area contributed by atoms with Gasteiger partial charge < -0.3 is 5.32 Å². The summed E-state index contributed by atoms with van der Waals surface area (Å²) in [7, 11) is 0. The van der Waals surface area contributed by atoms with Crippen molar-refractivity contribution in [3.8, 4) is 0 Å². The molecule has 2 atom stereocenters. The van der Waals surface area contributed by atoms with E-state index in [1.807, 2.05) is 12.3 Å². The number of hydrogen-bond donors (Lipinski definition) is 1. The fraction of sp³-hybridized carbons (Fsp3) is 0.706. The van der Waals surface area contributed by atoms with Gasteiger partial charge >= 0.3 is 0 Å². The third-order valence-corrected chi connectivity index (χ3v) is 4.86. The smallest absolute Gasteiger partial charge is 0.0573 e. The molecule has 20 heavy (non-hydrogen) atoms. The molecular formula is C17H29N3. The van der Waals surface area contributed by atoms with Crippen LogP contribution >= 0.6 is 0 Å². The first kappa shape index (κ1) is 15.5. The Morgan fingerprint density at radius 3 is 2.90 bits per heavy atom. The lowest BCUT2D eigenvalue weighted by atomic mass is 9.90. The van der Waals surface area contributed by atoms with Crippen molar-refractivity contribution in [1.29, 1.82) is 0 Å². The highest BCUT2D eigenvalue weighted by Crippen LogP contribution is 2.24. The number of aromatic nitrogens is 1. The average molecular weight is 275 g/mol. The predicted octanol–water partition coefficient (Wildman–Crippen LogP) is 2.99. The lowest BCUT2D eigenvalue weighted by Gasteiger charge is -2.47. The van der Waals surface area contributed by atoms with Crippen LogP contribution in [0.1, 0.15) is 45.4 Å². The number of nitrogens with zero attached hydrogens (tertiary/aromatic N) is 2. The zero-order chi connectivity index (χ0) is 14.8. The van der Waals surface area contributed by atoms with Crippen LogP contribution in [0.25, 0.3) is 0 Å². The van der Waals surface area contributed by atoms with E-state index in [-0.39, 0.29) is 5.54 Å². The van der Waals surface area contributed by atoms with Gasteiger partial charge in [-0.3, -0.25) is 9.88 Å². The molecule has 1 fully saturated rings. The van der Waals surface area contributed by atoms with E-state index in [1.165, 1.54) is 17.7 Å². The van der Waals surface area contributed by atoms with Gasteiger partial charge in [0.2, 0.25) is 0 Å². The maximum Gasteiger partial charge on any atom is 0.0573 e. The summed E-state index contributed by atoms with van der Waals surface area (Å²) in [6.07, 6.45) is 3.14. The van der Waals surface area contributed by atoms with E-state index in [4.69, 9.17) is 0 Å². The van der Waals surface area contributed by atoms with E-state index in [9.17, 15) is 0 Å². The summed E-state index contributed by atoms with van der Waals surface area (Å²) in [6, 6.07) is 4.77. The van der Waals surface area contributed by atoms with Crippen molar-refractivity contribution >= 4 is 0 Å². The second-order valence-corrected chi connectivity index (χ2v) is 6.83. The standard InChI is InChI=1S/C17H29N3/c1-6-13(2)15-10-20(17(4,5)12-19-15)11-16-14(3)8-7-9-18-16/h7-9,13,15,19H,6,10-12H2,1-5H3. The highest BCUT2D eigenvalue weighted by atomic mass is 15.3. The van der Waals surface area contributed by atoms with Crippen LogP contribution in [-0.4, -0.2) is 34.6 Å². The van der Waals surface area contributed by atoms with Crippen LogP contribution in [0.15, 0.2) is 18.3 Å². The fourth-order valence-corrected chi connectivity index (χ4v) is 2.85. The van der Waals surface area contributed by atoms with Gasteiger partial charge in [0.05, 0.1) is 5.69 Å². The van der Waals surface area contributed by atoms with Gasteiger partial charge in [-0.05, 0) is 38.3 Å². The first-order chi connectivity index (χ1) is 9.44. The van der Waals surface area contributed by atoms with E-state index in [2.05, 4.69) is 55.9 Å². The highest BCUT2D eigenvalue weighted by molar-refractivity contribution is 5.18. The Hall–Kier alpha value is -0.930. The molecule has 0 aromatic carbocycles. The van der Waals surface area contributed by atoms with Crippen LogP contribution in [0.2, 0.25) is 0 Å². The molecule has 0 spiro atoms. The van der Waals surface area contributed by atoms with E-state index in [0.29, 0.717) is 6.04 Å². The second-order valence-electron chi connectivity index (χ2n) is 6.83. The van der Waals surface area contributed by atoms with Crippen molar-refractivity contribution in [2.45, 2.75) is 59.2 Å². The van der Waals surface area contributed by atoms with Crippen LogP contribution in [0, 0.1) is 12.8 Å². The van der Waals surface area contributed by atoms with Gasteiger partial charge in [-0.2, -0.15) is 0 Å². The molecule has 0 bridgehead atoms. The molecule has 1 aliphatic rings. The van der Waals surface area contributed by atoms with Gasteiger partial charge in [-0.1, -0.05) is 26.3 Å². The molecule has 0 saturated carbocycles. The molecule has 2 rings (SSSR count). The molecule has 1 saturated heterocycles. The second kappa shape index (κ2) is 6.23. The summed E-state index contributed by atoms with van der Waals surface area (Å²) in [5.74, 6) is 0.721. The molecule has 2 unspecified atom stereocenters. The van der Waals surface area contributed by atoms with Crippen molar-refractivity contribution in [3.63, 3.8) is 0 Å². The minimum Gasteiger partial charge on any atom is -0.311 e. The molecule has 112 valence electrons. The van der Waals surface area contributed by atoms with Gasteiger partial charge in [-0.25, -0.2) is 0 Å². The minimum atomic E-state index is 0.188. The zero-order valence-corrected chi connectivity index (χ0v) is 13.6. The third-order valence-electron chi connectivity index (χ3n) is 4.86. The molecule has 0 aliphatic carbocycles. The van der Waals surface area contributed by atoms with Crippen LogP contribution in [0.3, 0.4) is 0 Å². The lowest BCUT2D eigenvalue weighted by molar-refractivity contribution is 0.0437. The molecule has 0 radical (unpaired) electrons. The van der Waals surface area contributed by atoms with E-state index >= 15 is 0 Å². The summed E-state index contributed by atoms with van der Waals surface area (Å²) in [4.78, 5) is 7.16. The van der Waals surface area contributed by atoms with E-state index in [0.717, 1.165) is 25.6 Å². The van der Waals surface area contributed by atoms with Gasteiger partial charge in [0.25, 0.3) is 0 Å². The van der Waals surface area contributed by atoms with Crippen LogP contribution in [-0.2, 0) is 6.54 Å². The summed E-state index contributed by atoms with van der Waals surface area (Å²) >= 11 is 0. The van der Waals surface area contributed by atoms with Crippen molar-refractivity contribution in [3.05, 3.63) is 29.6 Å². The molecule has 2 heterocycles. The largest absolute Gasteiger partial charge is 0.311 e.